The maximum Gasteiger partial charge on any atom is 0.257 e. The summed E-state index contributed by atoms with van der Waals surface area (Å²) < 4.78 is 27.6. The molecule has 0 bridgehead atoms. The summed E-state index contributed by atoms with van der Waals surface area (Å²) in [6.07, 6.45) is 1.72. The molecule has 0 aliphatic rings. The Hall–Kier alpha value is -1.55. The highest BCUT2D eigenvalue weighted by Crippen LogP contribution is 2.25. The lowest BCUT2D eigenvalue weighted by Crippen LogP contribution is -2.40. The standard InChI is InChI=1S/C16H21ClN4O3S2/c1-5-6-13-19-20-15(25-13)18-14(22)10-7-8-11(17)12(9-10)26(23,24)21-16(2,3)4/h7-9,21H,5-6H2,1-4H3,(H,18,20,22). The van der Waals surface area contributed by atoms with E-state index in [1.165, 1.54) is 29.5 Å². The monoisotopic (exact) mass is 416 g/mol. The molecule has 1 aromatic carbocycles. The molecule has 0 saturated heterocycles. The van der Waals surface area contributed by atoms with Gasteiger partial charge in [0.1, 0.15) is 9.90 Å². The number of hydrogen-bond acceptors (Lipinski definition) is 6. The summed E-state index contributed by atoms with van der Waals surface area (Å²) in [5, 5.41) is 11.8. The third-order valence-corrected chi connectivity index (χ3v) is 6.21. The van der Waals surface area contributed by atoms with Gasteiger partial charge in [-0.2, -0.15) is 0 Å². The SMILES string of the molecule is CCCc1nnc(NC(=O)c2ccc(Cl)c(S(=O)(=O)NC(C)(C)C)c2)s1. The number of sulfonamides is 1. The maximum atomic E-state index is 12.5. The van der Waals surface area contributed by atoms with Crippen molar-refractivity contribution in [3.05, 3.63) is 33.8 Å². The summed E-state index contributed by atoms with van der Waals surface area (Å²) in [5.74, 6) is -0.479. The van der Waals surface area contributed by atoms with E-state index in [1.807, 2.05) is 6.92 Å². The zero-order valence-electron chi connectivity index (χ0n) is 15.0. The van der Waals surface area contributed by atoms with Crippen LogP contribution in [0.4, 0.5) is 5.13 Å². The Kier molecular flexibility index (Phi) is 6.38. The first-order valence-electron chi connectivity index (χ1n) is 7.99. The first kappa shape index (κ1) is 20.8. The van der Waals surface area contributed by atoms with Crippen LogP contribution >= 0.6 is 22.9 Å². The van der Waals surface area contributed by atoms with Crippen LogP contribution in [0.1, 0.15) is 49.5 Å². The van der Waals surface area contributed by atoms with Gasteiger partial charge in [0.05, 0.1) is 5.02 Å². The quantitative estimate of drug-likeness (QED) is 0.750. The summed E-state index contributed by atoms with van der Waals surface area (Å²) in [4.78, 5) is 12.3. The molecular weight excluding hydrogens is 396 g/mol. The largest absolute Gasteiger partial charge is 0.296 e. The third kappa shape index (κ3) is 5.47. The van der Waals surface area contributed by atoms with Crippen molar-refractivity contribution in [2.24, 2.45) is 0 Å². The van der Waals surface area contributed by atoms with Gasteiger partial charge in [0.2, 0.25) is 15.2 Å². The molecule has 0 fully saturated rings. The van der Waals surface area contributed by atoms with Crippen molar-refractivity contribution in [2.75, 3.05) is 5.32 Å². The van der Waals surface area contributed by atoms with Gasteiger partial charge in [-0.15, -0.1) is 10.2 Å². The fourth-order valence-corrected chi connectivity index (χ4v) is 4.88. The second kappa shape index (κ2) is 7.99. The molecule has 10 heteroatoms. The highest BCUT2D eigenvalue weighted by molar-refractivity contribution is 7.89. The molecule has 2 aromatic rings. The van der Waals surface area contributed by atoms with Crippen LogP contribution in [0.15, 0.2) is 23.1 Å². The van der Waals surface area contributed by atoms with Crippen molar-refractivity contribution < 1.29 is 13.2 Å². The number of nitrogens with zero attached hydrogens (tertiary/aromatic N) is 2. The fraction of sp³-hybridized carbons (Fsp3) is 0.438. The minimum atomic E-state index is -3.87. The topological polar surface area (TPSA) is 101 Å². The number of hydrogen-bond donors (Lipinski definition) is 2. The van der Waals surface area contributed by atoms with E-state index in [1.54, 1.807) is 20.8 Å². The van der Waals surface area contributed by atoms with E-state index in [9.17, 15) is 13.2 Å². The molecule has 0 saturated carbocycles. The zero-order chi connectivity index (χ0) is 19.5. The normalized spacial score (nSPS) is 12.2. The Morgan fingerprint density at radius 1 is 1.27 bits per heavy atom. The lowest BCUT2D eigenvalue weighted by Gasteiger charge is -2.21. The number of aromatic nitrogens is 2. The van der Waals surface area contributed by atoms with E-state index in [0.29, 0.717) is 5.13 Å². The summed E-state index contributed by atoms with van der Waals surface area (Å²) in [7, 11) is -3.87. The van der Waals surface area contributed by atoms with Crippen molar-refractivity contribution in [1.82, 2.24) is 14.9 Å². The predicted molar refractivity (Wildman–Crippen MR) is 103 cm³/mol. The average Bonchev–Trinajstić information content (AvgIpc) is 2.92. The van der Waals surface area contributed by atoms with Gasteiger partial charge < -0.3 is 0 Å². The molecule has 0 spiro atoms. The number of anilines is 1. The van der Waals surface area contributed by atoms with Gasteiger partial charge in [-0.1, -0.05) is 29.9 Å². The number of carbonyl (C=O) groups excluding carboxylic acids is 1. The fourth-order valence-electron chi connectivity index (χ4n) is 2.10. The van der Waals surface area contributed by atoms with Crippen LogP contribution in [0.2, 0.25) is 5.02 Å². The van der Waals surface area contributed by atoms with Gasteiger partial charge in [0.25, 0.3) is 5.91 Å². The molecular formula is C16H21ClN4O3S2. The van der Waals surface area contributed by atoms with E-state index >= 15 is 0 Å². The van der Waals surface area contributed by atoms with Crippen LogP contribution in [0.3, 0.4) is 0 Å². The first-order valence-corrected chi connectivity index (χ1v) is 10.7. The van der Waals surface area contributed by atoms with Crippen LogP contribution in [0.5, 0.6) is 0 Å². The van der Waals surface area contributed by atoms with E-state index < -0.39 is 21.5 Å². The van der Waals surface area contributed by atoms with Crippen molar-refractivity contribution >= 4 is 44.0 Å². The second-order valence-corrected chi connectivity index (χ2v) is 9.83. The van der Waals surface area contributed by atoms with Gasteiger partial charge in [-0.25, -0.2) is 13.1 Å². The lowest BCUT2D eigenvalue weighted by atomic mass is 10.1. The van der Waals surface area contributed by atoms with Crippen LogP contribution in [-0.2, 0) is 16.4 Å². The molecule has 1 aromatic heterocycles. The van der Waals surface area contributed by atoms with Gasteiger partial charge in [0, 0.05) is 17.5 Å². The van der Waals surface area contributed by atoms with Crippen LogP contribution in [-0.4, -0.2) is 30.1 Å². The van der Waals surface area contributed by atoms with Crippen LogP contribution in [0, 0.1) is 0 Å². The summed E-state index contributed by atoms with van der Waals surface area (Å²) >= 11 is 7.33. The Bertz CT molecular complexity index is 904. The highest BCUT2D eigenvalue weighted by atomic mass is 35.5. The Morgan fingerprint density at radius 2 is 1.96 bits per heavy atom. The van der Waals surface area contributed by atoms with Gasteiger partial charge in [0.15, 0.2) is 0 Å². The molecule has 0 aliphatic carbocycles. The lowest BCUT2D eigenvalue weighted by molar-refractivity contribution is 0.102. The number of aryl methyl sites for hydroxylation is 1. The molecule has 1 amide bonds. The molecule has 2 rings (SSSR count). The number of halogens is 1. The zero-order valence-corrected chi connectivity index (χ0v) is 17.3. The molecule has 0 unspecified atom stereocenters. The van der Waals surface area contributed by atoms with Crippen molar-refractivity contribution in [3.63, 3.8) is 0 Å². The van der Waals surface area contributed by atoms with Gasteiger partial charge in [-0.05, 0) is 45.4 Å². The summed E-state index contributed by atoms with van der Waals surface area (Å²) in [6.45, 7) is 7.19. The minimum Gasteiger partial charge on any atom is -0.296 e. The number of amides is 1. The molecule has 142 valence electrons. The molecule has 0 atom stereocenters. The Balaban J connectivity index is 2.26. The molecule has 1 heterocycles. The van der Waals surface area contributed by atoms with E-state index in [0.717, 1.165) is 17.8 Å². The number of rotatable bonds is 6. The highest BCUT2D eigenvalue weighted by Gasteiger charge is 2.25. The Morgan fingerprint density at radius 3 is 2.58 bits per heavy atom. The van der Waals surface area contributed by atoms with Crippen molar-refractivity contribution in [1.29, 1.82) is 0 Å². The molecule has 2 N–H and O–H groups in total. The van der Waals surface area contributed by atoms with Crippen molar-refractivity contribution in [2.45, 2.75) is 51.0 Å². The van der Waals surface area contributed by atoms with Crippen molar-refractivity contribution in [3.8, 4) is 0 Å². The number of benzene rings is 1. The smallest absolute Gasteiger partial charge is 0.257 e. The molecule has 0 aliphatic heterocycles. The minimum absolute atomic E-state index is 0.0412. The van der Waals surface area contributed by atoms with E-state index in [4.69, 9.17) is 11.6 Å². The van der Waals surface area contributed by atoms with Crippen LogP contribution < -0.4 is 10.0 Å². The van der Waals surface area contributed by atoms with Crippen LogP contribution in [0.25, 0.3) is 0 Å². The second-order valence-electron chi connectivity index (χ2n) is 6.71. The number of nitrogens with one attached hydrogen (secondary N) is 2. The number of carbonyl (C=O) groups is 1. The molecule has 26 heavy (non-hydrogen) atoms. The average molecular weight is 417 g/mol. The first-order chi connectivity index (χ1) is 12.0. The predicted octanol–water partition coefficient (Wildman–Crippen LogP) is 3.47. The van der Waals surface area contributed by atoms with Gasteiger partial charge in [-0.3, -0.25) is 10.1 Å². The van der Waals surface area contributed by atoms with Gasteiger partial charge >= 0.3 is 0 Å². The summed E-state index contributed by atoms with van der Waals surface area (Å²) in [6, 6.07) is 4.10. The van der Waals surface area contributed by atoms with E-state index in [2.05, 4.69) is 20.2 Å². The van der Waals surface area contributed by atoms with E-state index in [-0.39, 0.29) is 15.5 Å². The molecule has 0 radical (unpaired) electrons. The Labute approximate surface area is 162 Å². The summed E-state index contributed by atoms with van der Waals surface area (Å²) in [5.41, 5.74) is -0.515. The third-order valence-electron chi connectivity index (χ3n) is 3.07. The maximum absolute atomic E-state index is 12.5. The molecule has 7 nitrogen and oxygen atoms in total.